The molecule has 0 saturated heterocycles. The molecule has 1 atom stereocenters. The first-order chi connectivity index (χ1) is 11.6. The SMILES string of the molecule is CC(C)c1cnn2nc(CC(C)c3ccn4ncnc4n3)nc2c1. The molecule has 8 nitrogen and oxygen atoms in total. The highest BCUT2D eigenvalue weighted by Crippen LogP contribution is 2.19. The topological polar surface area (TPSA) is 86.2 Å². The minimum atomic E-state index is 0.175. The Morgan fingerprint density at radius 3 is 2.83 bits per heavy atom. The van der Waals surface area contributed by atoms with Gasteiger partial charge in [-0.15, -0.1) is 9.73 Å². The summed E-state index contributed by atoms with van der Waals surface area (Å²) in [5, 5.41) is 12.9. The lowest BCUT2D eigenvalue weighted by Crippen LogP contribution is -2.05. The van der Waals surface area contributed by atoms with Gasteiger partial charge < -0.3 is 0 Å². The third kappa shape index (κ3) is 2.60. The Morgan fingerprint density at radius 2 is 2.00 bits per heavy atom. The first kappa shape index (κ1) is 14.7. The van der Waals surface area contributed by atoms with Crippen LogP contribution in [0.4, 0.5) is 0 Å². The minimum absolute atomic E-state index is 0.175. The van der Waals surface area contributed by atoms with Crippen LogP contribution in [0, 0.1) is 0 Å². The highest BCUT2D eigenvalue weighted by Gasteiger charge is 2.14. The highest BCUT2D eigenvalue weighted by molar-refractivity contribution is 5.39. The normalized spacial score (nSPS) is 13.2. The molecule has 0 radical (unpaired) electrons. The summed E-state index contributed by atoms with van der Waals surface area (Å²) < 4.78 is 3.24. The van der Waals surface area contributed by atoms with E-state index in [2.05, 4.69) is 51.0 Å². The van der Waals surface area contributed by atoms with Gasteiger partial charge in [0.25, 0.3) is 5.78 Å². The third-order valence-electron chi connectivity index (χ3n) is 4.10. The summed E-state index contributed by atoms with van der Waals surface area (Å²) in [6.07, 6.45) is 5.91. The molecule has 0 saturated carbocycles. The molecule has 0 aliphatic rings. The zero-order valence-electron chi connectivity index (χ0n) is 13.8. The molecule has 0 aliphatic carbocycles. The molecule has 0 amide bonds. The molecule has 122 valence electrons. The number of aromatic nitrogens is 8. The second-order valence-electron chi connectivity index (χ2n) is 6.28. The van der Waals surface area contributed by atoms with Crippen LogP contribution in [0.1, 0.15) is 49.7 Å². The average molecular weight is 322 g/mol. The van der Waals surface area contributed by atoms with Crippen molar-refractivity contribution in [1.82, 2.24) is 39.4 Å². The van der Waals surface area contributed by atoms with Gasteiger partial charge in [-0.05, 0) is 23.6 Å². The molecule has 24 heavy (non-hydrogen) atoms. The van der Waals surface area contributed by atoms with Crippen LogP contribution in [0.2, 0.25) is 0 Å². The van der Waals surface area contributed by atoms with E-state index in [1.54, 1.807) is 9.15 Å². The molecule has 8 heteroatoms. The molecule has 1 unspecified atom stereocenters. The molecule has 0 aliphatic heterocycles. The molecule has 0 bridgehead atoms. The minimum Gasteiger partial charge on any atom is -0.216 e. The number of hydrogen-bond donors (Lipinski definition) is 0. The van der Waals surface area contributed by atoms with Gasteiger partial charge >= 0.3 is 0 Å². The second kappa shape index (κ2) is 5.63. The van der Waals surface area contributed by atoms with Gasteiger partial charge in [0.15, 0.2) is 11.5 Å². The zero-order chi connectivity index (χ0) is 16.7. The van der Waals surface area contributed by atoms with Crippen LogP contribution < -0.4 is 0 Å². The van der Waals surface area contributed by atoms with Crippen LogP contribution >= 0.6 is 0 Å². The number of rotatable bonds is 4. The summed E-state index contributed by atoms with van der Waals surface area (Å²) in [5.74, 6) is 1.96. The molecule has 0 N–H and O–H groups in total. The van der Waals surface area contributed by atoms with E-state index in [0.29, 0.717) is 18.1 Å². The summed E-state index contributed by atoms with van der Waals surface area (Å²) >= 11 is 0. The Hall–Kier alpha value is -2.90. The van der Waals surface area contributed by atoms with Crippen LogP contribution in [-0.2, 0) is 6.42 Å². The standard InChI is InChI=1S/C16H18N8/c1-10(2)12-7-15-21-14(22-24(15)18-8-12)6-11(3)13-4-5-23-16(20-13)17-9-19-23/h4-5,7-11H,6H2,1-3H3. The highest BCUT2D eigenvalue weighted by atomic mass is 15.4. The number of nitrogens with zero attached hydrogens (tertiary/aromatic N) is 8. The Kier molecular flexibility index (Phi) is 3.44. The van der Waals surface area contributed by atoms with Crippen LogP contribution in [0.15, 0.2) is 30.9 Å². The van der Waals surface area contributed by atoms with E-state index >= 15 is 0 Å². The molecule has 4 aromatic heterocycles. The average Bonchev–Trinajstić information content (AvgIpc) is 3.18. The largest absolute Gasteiger partial charge is 0.252 e. The van der Waals surface area contributed by atoms with E-state index in [4.69, 9.17) is 0 Å². The molecule has 4 heterocycles. The van der Waals surface area contributed by atoms with Crippen LogP contribution in [0.25, 0.3) is 11.4 Å². The molecule has 0 spiro atoms. The first-order valence-corrected chi connectivity index (χ1v) is 7.98. The lowest BCUT2D eigenvalue weighted by Gasteiger charge is -2.07. The lowest BCUT2D eigenvalue weighted by atomic mass is 10.0. The van der Waals surface area contributed by atoms with Crippen LogP contribution in [-0.4, -0.2) is 39.4 Å². The summed E-state index contributed by atoms with van der Waals surface area (Å²) in [6.45, 7) is 6.38. The lowest BCUT2D eigenvalue weighted by molar-refractivity contribution is 0.677. The predicted molar refractivity (Wildman–Crippen MR) is 87.8 cm³/mol. The van der Waals surface area contributed by atoms with Crippen molar-refractivity contribution in [3.05, 3.63) is 47.9 Å². The smallest absolute Gasteiger partial charge is 0.216 e. The molecular formula is C16H18N8. The van der Waals surface area contributed by atoms with E-state index in [-0.39, 0.29) is 5.92 Å². The van der Waals surface area contributed by atoms with E-state index < -0.39 is 0 Å². The monoisotopic (exact) mass is 322 g/mol. The Bertz CT molecular complexity index is 1000. The van der Waals surface area contributed by atoms with Crippen molar-refractivity contribution in [2.24, 2.45) is 0 Å². The van der Waals surface area contributed by atoms with Crippen molar-refractivity contribution in [2.75, 3.05) is 0 Å². The van der Waals surface area contributed by atoms with Gasteiger partial charge in [0, 0.05) is 24.2 Å². The summed E-state index contributed by atoms with van der Waals surface area (Å²) in [7, 11) is 0. The maximum absolute atomic E-state index is 4.60. The fourth-order valence-corrected chi connectivity index (χ4v) is 2.63. The molecule has 0 aromatic carbocycles. The molecule has 0 fully saturated rings. The van der Waals surface area contributed by atoms with Crippen molar-refractivity contribution in [3.63, 3.8) is 0 Å². The van der Waals surface area contributed by atoms with Crippen molar-refractivity contribution < 1.29 is 0 Å². The van der Waals surface area contributed by atoms with Gasteiger partial charge in [0.05, 0.1) is 6.20 Å². The first-order valence-electron chi connectivity index (χ1n) is 7.98. The van der Waals surface area contributed by atoms with Gasteiger partial charge in [-0.2, -0.15) is 15.2 Å². The summed E-state index contributed by atoms with van der Waals surface area (Å²) in [5.41, 5.74) is 2.89. The second-order valence-corrected chi connectivity index (χ2v) is 6.28. The summed E-state index contributed by atoms with van der Waals surface area (Å²) in [6, 6.07) is 4.00. The van der Waals surface area contributed by atoms with Gasteiger partial charge in [0.1, 0.15) is 6.33 Å². The van der Waals surface area contributed by atoms with Crippen LogP contribution in [0.5, 0.6) is 0 Å². The summed E-state index contributed by atoms with van der Waals surface area (Å²) in [4.78, 5) is 13.3. The van der Waals surface area contributed by atoms with E-state index in [1.165, 1.54) is 6.33 Å². The van der Waals surface area contributed by atoms with E-state index in [0.717, 1.165) is 22.7 Å². The number of hydrogen-bond acceptors (Lipinski definition) is 6. The number of fused-ring (bicyclic) bond motifs is 2. The van der Waals surface area contributed by atoms with Gasteiger partial charge in [-0.1, -0.05) is 20.8 Å². The molecule has 4 aromatic rings. The molecule has 4 rings (SSSR count). The maximum Gasteiger partial charge on any atom is 0.252 e. The Morgan fingerprint density at radius 1 is 1.12 bits per heavy atom. The van der Waals surface area contributed by atoms with E-state index in [1.807, 2.05) is 24.5 Å². The van der Waals surface area contributed by atoms with E-state index in [9.17, 15) is 0 Å². The van der Waals surface area contributed by atoms with Crippen molar-refractivity contribution in [1.29, 1.82) is 0 Å². The van der Waals surface area contributed by atoms with Gasteiger partial charge in [0.2, 0.25) is 0 Å². The van der Waals surface area contributed by atoms with Gasteiger partial charge in [-0.3, -0.25) is 0 Å². The van der Waals surface area contributed by atoms with Crippen molar-refractivity contribution in [2.45, 2.75) is 39.0 Å². The maximum atomic E-state index is 4.60. The fourth-order valence-electron chi connectivity index (χ4n) is 2.63. The van der Waals surface area contributed by atoms with Gasteiger partial charge in [-0.25, -0.2) is 14.5 Å². The fraction of sp³-hybridized carbons (Fsp3) is 0.375. The quantitative estimate of drug-likeness (QED) is 0.571. The molecular weight excluding hydrogens is 304 g/mol. The predicted octanol–water partition coefficient (Wildman–Crippen LogP) is 2.03. The van der Waals surface area contributed by atoms with Crippen molar-refractivity contribution >= 4 is 11.4 Å². The van der Waals surface area contributed by atoms with Crippen molar-refractivity contribution in [3.8, 4) is 0 Å². The third-order valence-corrected chi connectivity index (χ3v) is 4.10. The van der Waals surface area contributed by atoms with Crippen LogP contribution in [0.3, 0.4) is 0 Å². The Balaban J connectivity index is 1.60. The zero-order valence-corrected chi connectivity index (χ0v) is 13.8. The Labute approximate surface area is 138 Å².